The Morgan fingerprint density at radius 3 is 2.18 bits per heavy atom. The van der Waals surface area contributed by atoms with E-state index in [1.165, 1.54) is 12.5 Å². The molecule has 0 heterocycles. The van der Waals surface area contributed by atoms with Crippen LogP contribution in [0.2, 0.25) is 0 Å². The van der Waals surface area contributed by atoms with E-state index in [-0.39, 0.29) is 35.2 Å². The van der Waals surface area contributed by atoms with E-state index in [4.69, 9.17) is 9.47 Å². The lowest BCUT2D eigenvalue weighted by molar-refractivity contribution is -0.266. The van der Waals surface area contributed by atoms with Crippen molar-refractivity contribution in [2.75, 3.05) is 13.2 Å². The Kier molecular flexibility index (Phi) is 8.58. The van der Waals surface area contributed by atoms with Gasteiger partial charge in [0, 0.05) is 23.3 Å². The van der Waals surface area contributed by atoms with Gasteiger partial charge in [0.25, 0.3) is 0 Å². The maximum absolute atomic E-state index is 13.0. The van der Waals surface area contributed by atoms with Gasteiger partial charge in [-0.3, -0.25) is 4.79 Å². The Labute approximate surface area is 269 Å². The van der Waals surface area contributed by atoms with Crippen LogP contribution >= 0.6 is 0 Å². The van der Waals surface area contributed by atoms with E-state index in [2.05, 4.69) is 26.8 Å². The van der Waals surface area contributed by atoms with Gasteiger partial charge in [-0.05, 0) is 92.8 Å². The zero-order chi connectivity index (χ0) is 33.5. The van der Waals surface area contributed by atoms with Gasteiger partial charge >= 0.3 is 11.9 Å². The van der Waals surface area contributed by atoms with E-state index in [0.29, 0.717) is 24.8 Å². The summed E-state index contributed by atoms with van der Waals surface area (Å²) < 4.78 is 12.2. The first-order valence-corrected chi connectivity index (χ1v) is 17.1. The van der Waals surface area contributed by atoms with Crippen molar-refractivity contribution >= 4 is 11.9 Å². The summed E-state index contributed by atoms with van der Waals surface area (Å²) in [6.45, 7) is 17.5. The fraction of sp³-hybridized carbons (Fsp3) is 0.838. The second kappa shape index (κ2) is 11.2. The van der Waals surface area contributed by atoms with Crippen molar-refractivity contribution in [1.29, 1.82) is 0 Å². The van der Waals surface area contributed by atoms with Crippen LogP contribution in [-0.2, 0) is 19.1 Å². The van der Waals surface area contributed by atoms with E-state index in [0.717, 1.165) is 25.7 Å². The average Bonchev–Trinajstić information content (AvgIpc) is 2.97. The SMILES string of the molecule is C/C=C(\C)C(=O)O[C@H]1[C@H](O)[C@]2(CO)[C@H](OC(C)=O)C[C@]3(C)C(=CC[C@@H]4[C@@]5(C)CC[C@H](O)[C@](C)(CO)[C@@H]5CC[C@]43C)[C@@H]2CC1(C)C. The number of rotatable bonds is 5. The van der Waals surface area contributed by atoms with Crippen LogP contribution in [-0.4, -0.2) is 70.0 Å². The van der Waals surface area contributed by atoms with Gasteiger partial charge in [-0.1, -0.05) is 59.3 Å². The highest BCUT2D eigenvalue weighted by Gasteiger charge is 2.73. The van der Waals surface area contributed by atoms with Crippen LogP contribution in [0.4, 0.5) is 0 Å². The molecule has 5 aliphatic rings. The third-order valence-electron chi connectivity index (χ3n) is 14.8. The molecule has 0 radical (unpaired) electrons. The highest BCUT2D eigenvalue weighted by molar-refractivity contribution is 5.87. The Morgan fingerprint density at radius 2 is 1.60 bits per heavy atom. The summed E-state index contributed by atoms with van der Waals surface area (Å²) in [4.78, 5) is 25.7. The number of aliphatic hydroxyl groups is 4. The lowest BCUT2D eigenvalue weighted by Crippen LogP contribution is -2.72. The molecule has 8 nitrogen and oxygen atoms in total. The molecule has 8 heteroatoms. The molecule has 5 aliphatic carbocycles. The van der Waals surface area contributed by atoms with Crippen molar-refractivity contribution in [2.45, 2.75) is 132 Å². The highest BCUT2D eigenvalue weighted by atomic mass is 16.6. The number of esters is 2. The maximum atomic E-state index is 13.0. The van der Waals surface area contributed by atoms with Crippen LogP contribution in [0.1, 0.15) is 107 Å². The molecule has 4 fully saturated rings. The van der Waals surface area contributed by atoms with Crippen LogP contribution < -0.4 is 0 Å². The van der Waals surface area contributed by atoms with Gasteiger partial charge in [0.15, 0.2) is 0 Å². The molecule has 4 N–H and O–H groups in total. The molecule has 0 spiro atoms. The molecule has 5 rings (SSSR count). The van der Waals surface area contributed by atoms with E-state index < -0.39 is 64.6 Å². The summed E-state index contributed by atoms with van der Waals surface area (Å²) in [5.74, 6) is -0.824. The third kappa shape index (κ3) is 4.58. The molecule has 0 saturated heterocycles. The molecule has 0 aliphatic heterocycles. The minimum atomic E-state index is -1.26. The van der Waals surface area contributed by atoms with Crippen LogP contribution in [0, 0.1) is 50.2 Å². The largest absolute Gasteiger partial charge is 0.462 e. The number of allylic oxidation sites excluding steroid dienone is 3. The molecule has 0 aromatic carbocycles. The second-order valence-corrected chi connectivity index (χ2v) is 17.1. The normalized spacial score (nSPS) is 49.0. The van der Waals surface area contributed by atoms with E-state index in [9.17, 15) is 30.0 Å². The highest BCUT2D eigenvalue weighted by Crippen LogP contribution is 2.76. The first-order chi connectivity index (χ1) is 20.8. The Balaban J connectivity index is 1.64. The van der Waals surface area contributed by atoms with Crippen molar-refractivity contribution in [3.05, 3.63) is 23.3 Å². The number of carbonyl (C=O) groups excluding carboxylic acids is 2. The van der Waals surface area contributed by atoms with Gasteiger partial charge in [0.05, 0.1) is 24.7 Å². The topological polar surface area (TPSA) is 134 Å². The standard InChI is InChI=1S/C37H58O8/c1-10-21(2)31(43)45-30-29(42)37(20-39)24(17-32(30,4)5)23-11-12-26-33(6)15-14-27(41)34(7,19-38)25(33)13-16-35(26,8)36(23,9)18-28(37)44-22(3)40/h10-11,24-30,38-39,41-42H,12-20H2,1-9H3/b21-10+/t24-,25+,26+,27-,28+,29-,30-,33-,34+,35+,36+,37-/m0/s1. The second-order valence-electron chi connectivity index (χ2n) is 17.1. The summed E-state index contributed by atoms with van der Waals surface area (Å²) >= 11 is 0. The van der Waals surface area contributed by atoms with Gasteiger partial charge in [0.1, 0.15) is 18.3 Å². The van der Waals surface area contributed by atoms with Crippen molar-refractivity contribution in [2.24, 2.45) is 50.2 Å². The van der Waals surface area contributed by atoms with Gasteiger partial charge in [-0.15, -0.1) is 0 Å². The predicted octanol–water partition coefficient (Wildman–Crippen LogP) is 5.11. The quantitative estimate of drug-likeness (QED) is 0.187. The maximum Gasteiger partial charge on any atom is 0.333 e. The van der Waals surface area contributed by atoms with E-state index in [1.807, 2.05) is 20.8 Å². The van der Waals surface area contributed by atoms with Crippen LogP contribution in [0.15, 0.2) is 23.3 Å². The summed E-state index contributed by atoms with van der Waals surface area (Å²) in [6, 6.07) is 0. The number of hydrogen-bond donors (Lipinski definition) is 4. The van der Waals surface area contributed by atoms with Crippen molar-refractivity contribution in [3.8, 4) is 0 Å². The average molecular weight is 631 g/mol. The molecular formula is C37H58O8. The van der Waals surface area contributed by atoms with Gasteiger partial charge in [-0.25, -0.2) is 4.79 Å². The number of hydrogen-bond acceptors (Lipinski definition) is 8. The fourth-order valence-corrected chi connectivity index (χ4v) is 11.8. The Hall–Kier alpha value is -1.74. The van der Waals surface area contributed by atoms with Crippen molar-refractivity contribution in [3.63, 3.8) is 0 Å². The zero-order valence-electron chi connectivity index (χ0n) is 29.0. The van der Waals surface area contributed by atoms with Gasteiger partial charge in [0.2, 0.25) is 0 Å². The monoisotopic (exact) mass is 630 g/mol. The molecule has 0 amide bonds. The summed E-state index contributed by atoms with van der Waals surface area (Å²) in [5.41, 5.74) is -1.48. The first-order valence-electron chi connectivity index (χ1n) is 17.1. The predicted molar refractivity (Wildman–Crippen MR) is 171 cm³/mol. The minimum absolute atomic E-state index is 0.0435. The molecule has 0 aromatic heterocycles. The molecule has 254 valence electrons. The number of aliphatic hydroxyl groups excluding tert-OH is 4. The van der Waals surface area contributed by atoms with Gasteiger partial charge in [-0.2, -0.15) is 0 Å². The molecule has 4 saturated carbocycles. The van der Waals surface area contributed by atoms with E-state index in [1.54, 1.807) is 19.9 Å². The fourth-order valence-electron chi connectivity index (χ4n) is 11.8. The molecule has 12 atom stereocenters. The zero-order valence-corrected chi connectivity index (χ0v) is 29.0. The molecule has 0 bridgehead atoms. The molecule has 0 unspecified atom stereocenters. The first kappa shape index (κ1) is 34.6. The lowest BCUT2D eigenvalue weighted by Gasteiger charge is -2.72. The number of ether oxygens (including phenoxy) is 2. The number of carbonyl (C=O) groups is 2. The minimum Gasteiger partial charge on any atom is -0.462 e. The molecule has 45 heavy (non-hydrogen) atoms. The van der Waals surface area contributed by atoms with Gasteiger partial charge < -0.3 is 29.9 Å². The smallest absolute Gasteiger partial charge is 0.333 e. The summed E-state index contributed by atoms with van der Waals surface area (Å²) in [5, 5.41) is 45.2. The Bertz CT molecular complexity index is 1270. The van der Waals surface area contributed by atoms with Crippen LogP contribution in [0.25, 0.3) is 0 Å². The summed E-state index contributed by atoms with van der Waals surface area (Å²) in [7, 11) is 0. The third-order valence-corrected chi connectivity index (χ3v) is 14.8. The lowest BCUT2D eigenvalue weighted by atomic mass is 9.33. The summed E-state index contributed by atoms with van der Waals surface area (Å²) in [6.07, 6.45) is 5.68. The van der Waals surface area contributed by atoms with Crippen molar-refractivity contribution < 1.29 is 39.5 Å². The van der Waals surface area contributed by atoms with Crippen LogP contribution in [0.5, 0.6) is 0 Å². The van der Waals surface area contributed by atoms with Crippen LogP contribution in [0.3, 0.4) is 0 Å². The molecular weight excluding hydrogens is 572 g/mol. The van der Waals surface area contributed by atoms with E-state index >= 15 is 0 Å². The Morgan fingerprint density at radius 1 is 0.933 bits per heavy atom. The van der Waals surface area contributed by atoms with Crippen molar-refractivity contribution in [1.82, 2.24) is 0 Å². The molecule has 0 aromatic rings. The number of fused-ring (bicyclic) bond motifs is 7.